The molecule has 22 heavy (non-hydrogen) atoms. The molecule has 2 heterocycles. The minimum Gasteiger partial charge on any atom is -0.364 e. The van der Waals surface area contributed by atoms with Gasteiger partial charge in [0.25, 0.3) is 5.69 Å². The molecule has 0 aromatic heterocycles. The van der Waals surface area contributed by atoms with E-state index in [1.165, 1.54) is 6.07 Å². The summed E-state index contributed by atoms with van der Waals surface area (Å²) in [6.07, 6.45) is 1.82. The number of nitrogens with one attached hydrogen (secondary N) is 1. The van der Waals surface area contributed by atoms with Crippen LogP contribution in [0.1, 0.15) is 12.8 Å². The van der Waals surface area contributed by atoms with Gasteiger partial charge in [0.1, 0.15) is 5.69 Å². The first-order valence-corrected chi connectivity index (χ1v) is 7.67. The molecule has 1 aromatic carbocycles. The molecule has 0 bridgehead atoms. The lowest BCUT2D eigenvalue weighted by atomic mass is 10.0. The van der Waals surface area contributed by atoms with Crippen molar-refractivity contribution in [3.05, 3.63) is 33.3 Å². The van der Waals surface area contributed by atoms with Crippen LogP contribution in [0.4, 0.5) is 16.2 Å². The molecule has 8 heteroatoms. The summed E-state index contributed by atoms with van der Waals surface area (Å²) < 4.78 is 0. The number of nitro benzene ring substituents is 1. The second-order valence-corrected chi connectivity index (χ2v) is 5.99. The first-order chi connectivity index (χ1) is 10.6. The van der Waals surface area contributed by atoms with Crippen molar-refractivity contribution in [1.82, 2.24) is 10.2 Å². The zero-order valence-corrected chi connectivity index (χ0v) is 12.8. The number of nitrogens with zero attached hydrogens (tertiary/aromatic N) is 3. The molecule has 0 saturated carbocycles. The van der Waals surface area contributed by atoms with Crippen molar-refractivity contribution in [2.24, 2.45) is 0 Å². The summed E-state index contributed by atoms with van der Waals surface area (Å²) >= 11 is 5.87. The van der Waals surface area contributed by atoms with Crippen molar-refractivity contribution in [2.75, 3.05) is 31.1 Å². The Labute approximate surface area is 133 Å². The van der Waals surface area contributed by atoms with E-state index in [0.717, 1.165) is 19.4 Å². The second kappa shape index (κ2) is 6.00. The molecule has 0 aliphatic carbocycles. The Bertz CT molecular complexity index is 610. The SMILES string of the molecule is O=C1NCCN1C1CCCN(c2ccc(Cl)cc2[N+](=O)[O-])C1. The van der Waals surface area contributed by atoms with Crippen LogP contribution in [0.15, 0.2) is 18.2 Å². The Morgan fingerprint density at radius 3 is 2.86 bits per heavy atom. The summed E-state index contributed by atoms with van der Waals surface area (Å²) in [6.45, 7) is 2.71. The third-order valence-electron chi connectivity index (χ3n) is 4.20. The van der Waals surface area contributed by atoms with Crippen molar-refractivity contribution < 1.29 is 9.72 Å². The Morgan fingerprint density at radius 2 is 2.18 bits per heavy atom. The number of rotatable bonds is 3. The molecule has 0 radical (unpaired) electrons. The van der Waals surface area contributed by atoms with Crippen LogP contribution < -0.4 is 10.2 Å². The lowest BCUT2D eigenvalue weighted by molar-refractivity contribution is -0.384. The predicted octanol–water partition coefficient (Wildman–Crippen LogP) is 2.24. The van der Waals surface area contributed by atoms with Gasteiger partial charge >= 0.3 is 6.03 Å². The van der Waals surface area contributed by atoms with Gasteiger partial charge in [0, 0.05) is 37.3 Å². The minimum atomic E-state index is -0.409. The fourth-order valence-corrected chi connectivity index (χ4v) is 3.34. The molecule has 2 amide bonds. The van der Waals surface area contributed by atoms with Crippen molar-refractivity contribution in [2.45, 2.75) is 18.9 Å². The maximum Gasteiger partial charge on any atom is 0.317 e. The van der Waals surface area contributed by atoms with E-state index in [-0.39, 0.29) is 17.8 Å². The number of carbonyl (C=O) groups is 1. The van der Waals surface area contributed by atoms with Gasteiger partial charge in [0.05, 0.1) is 11.0 Å². The molecule has 2 aliphatic heterocycles. The van der Waals surface area contributed by atoms with Gasteiger partial charge in [-0.15, -0.1) is 0 Å². The standard InChI is InChI=1S/C14H17ClN4O3/c15-10-3-4-12(13(8-10)19(21)22)17-6-1-2-11(9-17)18-7-5-16-14(18)20/h3-4,8,11H,1-2,5-7,9H2,(H,16,20). The summed E-state index contributed by atoms with van der Waals surface area (Å²) in [5.74, 6) is 0. The van der Waals surface area contributed by atoms with Gasteiger partial charge < -0.3 is 15.1 Å². The molecule has 2 saturated heterocycles. The highest BCUT2D eigenvalue weighted by Gasteiger charge is 2.33. The predicted molar refractivity (Wildman–Crippen MR) is 83.4 cm³/mol. The van der Waals surface area contributed by atoms with Crippen molar-refractivity contribution >= 4 is 29.0 Å². The van der Waals surface area contributed by atoms with E-state index in [1.807, 2.05) is 9.80 Å². The number of urea groups is 1. The third-order valence-corrected chi connectivity index (χ3v) is 4.44. The average Bonchev–Trinajstić information content (AvgIpc) is 2.93. The summed E-state index contributed by atoms with van der Waals surface area (Å²) in [5, 5.41) is 14.4. The monoisotopic (exact) mass is 324 g/mol. The van der Waals surface area contributed by atoms with Gasteiger partial charge in [-0.2, -0.15) is 0 Å². The lowest BCUT2D eigenvalue weighted by Crippen LogP contribution is -2.49. The first kappa shape index (κ1) is 14.9. The quantitative estimate of drug-likeness (QED) is 0.683. The second-order valence-electron chi connectivity index (χ2n) is 5.56. The molecule has 1 unspecified atom stereocenters. The van der Waals surface area contributed by atoms with Crippen molar-refractivity contribution in [3.8, 4) is 0 Å². The number of hydrogen-bond acceptors (Lipinski definition) is 4. The van der Waals surface area contributed by atoms with Gasteiger partial charge in [-0.25, -0.2) is 4.79 Å². The van der Waals surface area contributed by atoms with Gasteiger partial charge in [0.2, 0.25) is 0 Å². The minimum absolute atomic E-state index is 0.0130. The topological polar surface area (TPSA) is 78.7 Å². The fraction of sp³-hybridized carbons (Fsp3) is 0.500. The molecule has 1 aromatic rings. The number of hydrogen-bond donors (Lipinski definition) is 1. The largest absolute Gasteiger partial charge is 0.364 e. The Hall–Kier alpha value is -2.02. The van der Waals surface area contributed by atoms with E-state index in [9.17, 15) is 14.9 Å². The number of piperidine rings is 1. The van der Waals surface area contributed by atoms with Crippen LogP contribution in [0, 0.1) is 10.1 Å². The van der Waals surface area contributed by atoms with Crippen LogP contribution in [0.5, 0.6) is 0 Å². The number of halogens is 1. The molecule has 1 N–H and O–H groups in total. The first-order valence-electron chi connectivity index (χ1n) is 7.29. The molecule has 1 atom stereocenters. The number of nitro groups is 1. The number of carbonyl (C=O) groups excluding carboxylic acids is 1. The zero-order valence-electron chi connectivity index (χ0n) is 12.0. The van der Waals surface area contributed by atoms with Crippen LogP contribution in [0.25, 0.3) is 0 Å². The fourth-order valence-electron chi connectivity index (χ4n) is 3.17. The van der Waals surface area contributed by atoms with Gasteiger partial charge in [-0.05, 0) is 25.0 Å². The lowest BCUT2D eigenvalue weighted by Gasteiger charge is -2.38. The zero-order chi connectivity index (χ0) is 15.7. The number of anilines is 1. The van der Waals surface area contributed by atoms with E-state index < -0.39 is 4.92 Å². The van der Waals surface area contributed by atoms with E-state index in [4.69, 9.17) is 11.6 Å². The molecule has 2 aliphatic rings. The van der Waals surface area contributed by atoms with Crippen LogP contribution in [0.2, 0.25) is 5.02 Å². The maximum atomic E-state index is 11.8. The van der Waals surface area contributed by atoms with Gasteiger partial charge in [-0.1, -0.05) is 11.6 Å². The van der Waals surface area contributed by atoms with E-state index in [0.29, 0.717) is 30.3 Å². The molecular formula is C14H17ClN4O3. The summed E-state index contributed by atoms with van der Waals surface area (Å²) in [6, 6.07) is 4.77. The van der Waals surface area contributed by atoms with Crippen LogP contribution in [0.3, 0.4) is 0 Å². The molecule has 7 nitrogen and oxygen atoms in total. The Kier molecular flexibility index (Phi) is 4.06. The Balaban J connectivity index is 1.83. The molecule has 3 rings (SSSR count). The molecular weight excluding hydrogens is 308 g/mol. The van der Waals surface area contributed by atoms with E-state index >= 15 is 0 Å². The van der Waals surface area contributed by atoms with Crippen LogP contribution in [-0.2, 0) is 0 Å². The van der Waals surface area contributed by atoms with Gasteiger partial charge in [0.15, 0.2) is 0 Å². The number of benzene rings is 1. The highest BCUT2D eigenvalue weighted by Crippen LogP contribution is 2.33. The van der Waals surface area contributed by atoms with Crippen molar-refractivity contribution in [3.63, 3.8) is 0 Å². The molecule has 2 fully saturated rings. The van der Waals surface area contributed by atoms with Crippen molar-refractivity contribution in [1.29, 1.82) is 0 Å². The molecule has 118 valence electrons. The van der Waals surface area contributed by atoms with E-state index in [1.54, 1.807) is 12.1 Å². The number of amides is 2. The molecule has 0 spiro atoms. The van der Waals surface area contributed by atoms with E-state index in [2.05, 4.69) is 5.32 Å². The Morgan fingerprint density at radius 1 is 1.36 bits per heavy atom. The summed E-state index contributed by atoms with van der Waals surface area (Å²) in [4.78, 5) is 26.5. The van der Waals surface area contributed by atoms with Crippen LogP contribution >= 0.6 is 11.6 Å². The maximum absolute atomic E-state index is 11.8. The highest BCUT2D eigenvalue weighted by atomic mass is 35.5. The summed E-state index contributed by atoms with van der Waals surface area (Å²) in [5.41, 5.74) is 0.581. The average molecular weight is 325 g/mol. The smallest absolute Gasteiger partial charge is 0.317 e. The summed E-state index contributed by atoms with van der Waals surface area (Å²) in [7, 11) is 0. The third kappa shape index (κ3) is 2.81. The van der Waals surface area contributed by atoms with Crippen LogP contribution in [-0.4, -0.2) is 48.1 Å². The highest BCUT2D eigenvalue weighted by molar-refractivity contribution is 6.30. The van der Waals surface area contributed by atoms with Gasteiger partial charge in [-0.3, -0.25) is 10.1 Å². The normalized spacial score (nSPS) is 21.9.